The summed E-state index contributed by atoms with van der Waals surface area (Å²) in [5, 5.41) is 8.97. The van der Waals surface area contributed by atoms with Crippen LogP contribution in [0.15, 0.2) is 18.2 Å². The fourth-order valence-electron chi connectivity index (χ4n) is 2.81. The van der Waals surface area contributed by atoms with Crippen molar-refractivity contribution in [2.75, 3.05) is 13.2 Å². The van der Waals surface area contributed by atoms with Gasteiger partial charge < -0.3 is 15.6 Å². The number of carboxylic acids is 1. The Kier molecular flexibility index (Phi) is 5.41. The Bertz CT molecular complexity index is 459. The monoisotopic (exact) mass is 277 g/mol. The van der Waals surface area contributed by atoms with E-state index in [4.69, 9.17) is 15.6 Å². The summed E-state index contributed by atoms with van der Waals surface area (Å²) in [6.07, 6.45) is 5.04. The molecule has 0 aliphatic heterocycles. The van der Waals surface area contributed by atoms with E-state index in [0.717, 1.165) is 37.9 Å². The van der Waals surface area contributed by atoms with Crippen LogP contribution in [0.3, 0.4) is 0 Å². The number of hydrogen-bond donors (Lipinski definition) is 2. The first kappa shape index (κ1) is 14.9. The van der Waals surface area contributed by atoms with Crippen molar-refractivity contribution in [1.82, 2.24) is 0 Å². The smallest absolute Gasteiger partial charge is 0.303 e. The molecule has 0 spiro atoms. The third-order valence-corrected chi connectivity index (χ3v) is 3.83. The van der Waals surface area contributed by atoms with Crippen LogP contribution in [0, 0.1) is 5.92 Å². The minimum absolute atomic E-state index is 0.244. The molecule has 4 heteroatoms. The van der Waals surface area contributed by atoms with Gasteiger partial charge in [0, 0.05) is 6.42 Å². The number of carboxylic acid groups (broad SMARTS) is 1. The Labute approximate surface area is 119 Å². The molecule has 0 heterocycles. The van der Waals surface area contributed by atoms with Gasteiger partial charge in [0.2, 0.25) is 0 Å². The molecule has 0 amide bonds. The summed E-state index contributed by atoms with van der Waals surface area (Å²) in [4.78, 5) is 10.9. The van der Waals surface area contributed by atoms with Crippen molar-refractivity contribution in [1.29, 1.82) is 0 Å². The average molecular weight is 277 g/mol. The highest BCUT2D eigenvalue weighted by atomic mass is 16.5. The molecular weight excluding hydrogens is 254 g/mol. The van der Waals surface area contributed by atoms with Crippen LogP contribution in [-0.4, -0.2) is 24.2 Å². The highest BCUT2D eigenvalue weighted by Crippen LogP contribution is 2.29. The van der Waals surface area contributed by atoms with Gasteiger partial charge in [-0.2, -0.15) is 0 Å². The van der Waals surface area contributed by atoms with Gasteiger partial charge >= 0.3 is 5.97 Å². The highest BCUT2D eigenvalue weighted by molar-refractivity contribution is 5.67. The Balaban J connectivity index is 2.06. The van der Waals surface area contributed by atoms with Gasteiger partial charge in [0.1, 0.15) is 5.75 Å². The molecule has 110 valence electrons. The van der Waals surface area contributed by atoms with Crippen molar-refractivity contribution in [3.05, 3.63) is 29.3 Å². The molecule has 0 aromatic heterocycles. The topological polar surface area (TPSA) is 72.5 Å². The first-order chi connectivity index (χ1) is 9.69. The molecule has 1 aromatic carbocycles. The molecule has 1 aliphatic rings. The standard InChI is InChI=1S/C16H23NO3/c17-7-2-8-20-15-6-5-13-4-1-3-12(10-16(18)19)9-14(13)11-15/h5-6,11-12H,1-4,7-10,17H2,(H,18,19). The van der Waals surface area contributed by atoms with E-state index in [0.29, 0.717) is 13.2 Å². The summed E-state index contributed by atoms with van der Waals surface area (Å²) in [5.74, 6) is 0.412. The van der Waals surface area contributed by atoms with Crippen molar-refractivity contribution in [3.8, 4) is 5.75 Å². The summed E-state index contributed by atoms with van der Waals surface area (Å²) in [6, 6.07) is 6.20. The van der Waals surface area contributed by atoms with Gasteiger partial charge in [-0.3, -0.25) is 4.79 Å². The fourth-order valence-corrected chi connectivity index (χ4v) is 2.81. The summed E-state index contributed by atoms with van der Waals surface area (Å²) < 4.78 is 5.67. The SMILES string of the molecule is NCCCOc1ccc2c(c1)CC(CC(=O)O)CCC2. The van der Waals surface area contributed by atoms with E-state index in [2.05, 4.69) is 12.1 Å². The van der Waals surface area contributed by atoms with E-state index in [-0.39, 0.29) is 12.3 Å². The molecule has 3 N–H and O–H groups in total. The zero-order valence-corrected chi connectivity index (χ0v) is 11.8. The lowest BCUT2D eigenvalue weighted by Gasteiger charge is -2.13. The number of benzene rings is 1. The third kappa shape index (κ3) is 4.23. The number of hydrogen-bond acceptors (Lipinski definition) is 3. The number of fused-ring (bicyclic) bond motifs is 1. The second kappa shape index (κ2) is 7.29. The Morgan fingerprint density at radius 3 is 3.00 bits per heavy atom. The van der Waals surface area contributed by atoms with Crippen molar-refractivity contribution >= 4 is 5.97 Å². The van der Waals surface area contributed by atoms with Gasteiger partial charge in [0.25, 0.3) is 0 Å². The quantitative estimate of drug-likeness (QED) is 0.618. The van der Waals surface area contributed by atoms with Crippen molar-refractivity contribution in [2.24, 2.45) is 11.7 Å². The van der Waals surface area contributed by atoms with Crippen LogP contribution in [0.2, 0.25) is 0 Å². The molecule has 4 nitrogen and oxygen atoms in total. The number of carbonyl (C=O) groups is 1. The molecule has 1 unspecified atom stereocenters. The maximum Gasteiger partial charge on any atom is 0.303 e. The number of nitrogens with two attached hydrogens (primary N) is 1. The van der Waals surface area contributed by atoms with Crippen LogP contribution < -0.4 is 10.5 Å². The minimum atomic E-state index is -0.700. The van der Waals surface area contributed by atoms with E-state index in [9.17, 15) is 4.79 Å². The second-order valence-corrected chi connectivity index (χ2v) is 5.48. The molecule has 1 aromatic rings. The van der Waals surface area contributed by atoms with Crippen LogP contribution in [0.4, 0.5) is 0 Å². The Morgan fingerprint density at radius 2 is 2.25 bits per heavy atom. The molecule has 0 saturated heterocycles. The predicted molar refractivity (Wildman–Crippen MR) is 78.0 cm³/mol. The zero-order chi connectivity index (χ0) is 14.4. The van der Waals surface area contributed by atoms with Crippen LogP contribution in [0.25, 0.3) is 0 Å². The first-order valence-electron chi connectivity index (χ1n) is 7.35. The van der Waals surface area contributed by atoms with Crippen molar-refractivity contribution < 1.29 is 14.6 Å². The summed E-state index contributed by atoms with van der Waals surface area (Å²) >= 11 is 0. The molecule has 1 aliphatic carbocycles. The van der Waals surface area contributed by atoms with Crippen LogP contribution >= 0.6 is 0 Å². The van der Waals surface area contributed by atoms with Crippen LogP contribution in [-0.2, 0) is 17.6 Å². The van der Waals surface area contributed by atoms with Crippen molar-refractivity contribution in [2.45, 2.75) is 38.5 Å². The minimum Gasteiger partial charge on any atom is -0.494 e. The predicted octanol–water partition coefficient (Wildman–Crippen LogP) is 2.38. The third-order valence-electron chi connectivity index (χ3n) is 3.83. The normalized spacial score (nSPS) is 18.1. The van der Waals surface area contributed by atoms with E-state index in [1.807, 2.05) is 6.07 Å². The number of rotatable bonds is 6. The molecule has 0 bridgehead atoms. The van der Waals surface area contributed by atoms with Crippen molar-refractivity contribution in [3.63, 3.8) is 0 Å². The number of aryl methyl sites for hydroxylation is 1. The molecule has 0 saturated carbocycles. The van der Waals surface area contributed by atoms with Crippen LogP contribution in [0.5, 0.6) is 5.75 Å². The maximum absolute atomic E-state index is 10.9. The zero-order valence-electron chi connectivity index (χ0n) is 11.8. The number of aliphatic carboxylic acids is 1. The van der Waals surface area contributed by atoms with Gasteiger partial charge in [-0.05, 0) is 67.8 Å². The molecule has 20 heavy (non-hydrogen) atoms. The van der Waals surface area contributed by atoms with E-state index in [1.165, 1.54) is 11.1 Å². The fraction of sp³-hybridized carbons (Fsp3) is 0.562. The van der Waals surface area contributed by atoms with Gasteiger partial charge in [-0.25, -0.2) is 0 Å². The van der Waals surface area contributed by atoms with Crippen LogP contribution in [0.1, 0.15) is 36.8 Å². The van der Waals surface area contributed by atoms with E-state index < -0.39 is 5.97 Å². The molecule has 0 fully saturated rings. The lowest BCUT2D eigenvalue weighted by molar-refractivity contribution is -0.138. The summed E-state index contributed by atoms with van der Waals surface area (Å²) in [7, 11) is 0. The molecular formula is C16H23NO3. The first-order valence-corrected chi connectivity index (χ1v) is 7.35. The second-order valence-electron chi connectivity index (χ2n) is 5.48. The highest BCUT2D eigenvalue weighted by Gasteiger charge is 2.19. The largest absolute Gasteiger partial charge is 0.494 e. The number of ether oxygens (including phenoxy) is 1. The van der Waals surface area contributed by atoms with E-state index in [1.54, 1.807) is 0 Å². The summed E-state index contributed by atoms with van der Waals surface area (Å²) in [5.41, 5.74) is 8.04. The Morgan fingerprint density at radius 1 is 1.40 bits per heavy atom. The molecule has 2 rings (SSSR count). The van der Waals surface area contributed by atoms with E-state index >= 15 is 0 Å². The average Bonchev–Trinajstić information content (AvgIpc) is 2.59. The van der Waals surface area contributed by atoms with Gasteiger partial charge in [-0.15, -0.1) is 0 Å². The summed E-state index contributed by atoms with van der Waals surface area (Å²) in [6.45, 7) is 1.26. The molecule has 0 radical (unpaired) electrons. The Hall–Kier alpha value is -1.55. The maximum atomic E-state index is 10.9. The van der Waals surface area contributed by atoms with Gasteiger partial charge in [0.15, 0.2) is 0 Å². The van der Waals surface area contributed by atoms with Gasteiger partial charge in [-0.1, -0.05) is 6.07 Å². The lowest BCUT2D eigenvalue weighted by atomic mass is 9.94. The lowest BCUT2D eigenvalue weighted by Crippen LogP contribution is -2.10. The van der Waals surface area contributed by atoms with Gasteiger partial charge in [0.05, 0.1) is 6.61 Å². The molecule has 1 atom stereocenters.